The summed E-state index contributed by atoms with van der Waals surface area (Å²) in [6.07, 6.45) is 1.63. The second-order valence-corrected chi connectivity index (χ2v) is 7.55. The fourth-order valence-electron chi connectivity index (χ4n) is 2.47. The molecule has 0 atom stereocenters. The van der Waals surface area contributed by atoms with Crippen LogP contribution in [0.25, 0.3) is 5.82 Å². The molecule has 9 heteroatoms. The van der Waals surface area contributed by atoms with Crippen molar-refractivity contribution < 1.29 is 9.72 Å². The van der Waals surface area contributed by atoms with Crippen molar-refractivity contribution in [2.45, 2.75) is 26.2 Å². The van der Waals surface area contributed by atoms with Crippen LogP contribution in [0.4, 0.5) is 11.5 Å². The Morgan fingerprint density at radius 1 is 1.21 bits per heavy atom. The number of carbonyl (C=O) groups excluding carboxylic acids is 1. The summed E-state index contributed by atoms with van der Waals surface area (Å²) in [5.41, 5.74) is 0.291. The summed E-state index contributed by atoms with van der Waals surface area (Å²) in [7, 11) is 0. The standard InChI is InChI=1S/C19H18ClN5O3/c1-19(2,3)15-11-17(24(23-15)16-6-4-5-9-21-16)22-18(26)12-7-8-13(20)14(10-12)25(27)28/h4-11H,1-3H3,(H,22,26). The molecule has 0 spiro atoms. The van der Waals surface area contributed by atoms with E-state index in [1.165, 1.54) is 16.8 Å². The number of pyridine rings is 1. The van der Waals surface area contributed by atoms with Gasteiger partial charge in [0.1, 0.15) is 10.8 Å². The molecular formula is C19H18ClN5O3. The predicted molar refractivity (Wildman–Crippen MR) is 106 cm³/mol. The molecule has 0 saturated carbocycles. The second-order valence-electron chi connectivity index (χ2n) is 7.14. The van der Waals surface area contributed by atoms with Gasteiger partial charge in [0.2, 0.25) is 0 Å². The topological polar surface area (TPSA) is 103 Å². The van der Waals surface area contributed by atoms with Crippen molar-refractivity contribution in [3.8, 4) is 5.82 Å². The summed E-state index contributed by atoms with van der Waals surface area (Å²) in [6, 6.07) is 11.0. The predicted octanol–water partition coefficient (Wildman–Crippen LogP) is 4.38. The minimum atomic E-state index is -0.630. The molecule has 2 heterocycles. The maximum Gasteiger partial charge on any atom is 0.288 e. The van der Waals surface area contributed by atoms with E-state index in [2.05, 4.69) is 15.4 Å². The molecule has 28 heavy (non-hydrogen) atoms. The third-order valence-electron chi connectivity index (χ3n) is 3.99. The molecule has 0 bridgehead atoms. The molecule has 8 nitrogen and oxygen atoms in total. The zero-order valence-corrected chi connectivity index (χ0v) is 16.3. The van der Waals surface area contributed by atoms with Crippen molar-refractivity contribution >= 4 is 29.0 Å². The van der Waals surface area contributed by atoms with E-state index in [1.54, 1.807) is 24.4 Å². The van der Waals surface area contributed by atoms with Crippen LogP contribution in [-0.2, 0) is 5.41 Å². The molecule has 144 valence electrons. The average molecular weight is 400 g/mol. The molecule has 0 unspecified atom stereocenters. The van der Waals surface area contributed by atoms with Crippen molar-refractivity contribution in [1.29, 1.82) is 0 Å². The van der Waals surface area contributed by atoms with Crippen molar-refractivity contribution in [2.24, 2.45) is 0 Å². The summed E-state index contributed by atoms with van der Waals surface area (Å²) in [5.74, 6) is 0.430. The summed E-state index contributed by atoms with van der Waals surface area (Å²) in [6.45, 7) is 6.02. The minimum Gasteiger partial charge on any atom is -0.306 e. The SMILES string of the molecule is CC(C)(C)c1cc(NC(=O)c2ccc(Cl)c([N+](=O)[O-])c2)n(-c2ccccn2)n1. The molecule has 2 aromatic heterocycles. The number of rotatable bonds is 4. The fourth-order valence-corrected chi connectivity index (χ4v) is 2.66. The summed E-state index contributed by atoms with van der Waals surface area (Å²) in [4.78, 5) is 27.4. The lowest BCUT2D eigenvalue weighted by atomic mass is 9.92. The van der Waals surface area contributed by atoms with E-state index in [4.69, 9.17) is 11.6 Å². The lowest BCUT2D eigenvalue weighted by molar-refractivity contribution is -0.384. The number of carbonyl (C=O) groups is 1. The Morgan fingerprint density at radius 3 is 2.57 bits per heavy atom. The van der Waals surface area contributed by atoms with Gasteiger partial charge in [-0.1, -0.05) is 38.4 Å². The number of nitro benzene ring substituents is 1. The molecule has 3 rings (SSSR count). The Bertz CT molecular complexity index is 1040. The van der Waals surface area contributed by atoms with Crippen LogP contribution in [0.2, 0.25) is 5.02 Å². The van der Waals surface area contributed by atoms with Crippen LogP contribution in [0.3, 0.4) is 0 Å². The average Bonchev–Trinajstić information content (AvgIpc) is 3.06. The van der Waals surface area contributed by atoms with Crippen molar-refractivity contribution in [1.82, 2.24) is 14.8 Å². The van der Waals surface area contributed by atoms with E-state index >= 15 is 0 Å². The molecule has 1 N–H and O–H groups in total. The van der Waals surface area contributed by atoms with E-state index in [9.17, 15) is 14.9 Å². The van der Waals surface area contributed by atoms with E-state index in [-0.39, 0.29) is 21.7 Å². The monoisotopic (exact) mass is 399 g/mol. The highest BCUT2D eigenvalue weighted by molar-refractivity contribution is 6.32. The van der Waals surface area contributed by atoms with Gasteiger partial charge >= 0.3 is 0 Å². The van der Waals surface area contributed by atoms with Gasteiger partial charge in [-0.05, 0) is 24.3 Å². The zero-order valence-electron chi connectivity index (χ0n) is 15.5. The van der Waals surface area contributed by atoms with E-state index < -0.39 is 10.8 Å². The van der Waals surface area contributed by atoms with Crippen LogP contribution in [0.15, 0.2) is 48.7 Å². The molecule has 1 amide bonds. The first kappa shape index (κ1) is 19.5. The summed E-state index contributed by atoms with van der Waals surface area (Å²) in [5, 5.41) is 18.4. The quantitative estimate of drug-likeness (QED) is 0.518. The lowest BCUT2D eigenvalue weighted by Crippen LogP contribution is -2.16. The molecular weight excluding hydrogens is 382 g/mol. The van der Waals surface area contributed by atoms with Crippen LogP contribution in [0.5, 0.6) is 0 Å². The molecule has 0 aliphatic heterocycles. The third-order valence-corrected chi connectivity index (χ3v) is 4.31. The maximum atomic E-state index is 12.7. The highest BCUT2D eigenvalue weighted by Crippen LogP contribution is 2.28. The largest absolute Gasteiger partial charge is 0.306 e. The first-order valence-corrected chi connectivity index (χ1v) is 8.82. The summed E-state index contributed by atoms with van der Waals surface area (Å²) >= 11 is 5.82. The van der Waals surface area contributed by atoms with Gasteiger partial charge in [0.25, 0.3) is 11.6 Å². The van der Waals surface area contributed by atoms with Crippen molar-refractivity contribution in [2.75, 3.05) is 5.32 Å². The van der Waals surface area contributed by atoms with E-state index in [0.717, 1.165) is 11.8 Å². The van der Waals surface area contributed by atoms with Gasteiger partial charge in [-0.2, -0.15) is 9.78 Å². The Morgan fingerprint density at radius 2 is 1.96 bits per heavy atom. The smallest absolute Gasteiger partial charge is 0.288 e. The number of aromatic nitrogens is 3. The number of hydrogen-bond donors (Lipinski definition) is 1. The van der Waals surface area contributed by atoms with Crippen LogP contribution in [0, 0.1) is 10.1 Å². The number of hydrogen-bond acceptors (Lipinski definition) is 5. The van der Waals surface area contributed by atoms with Gasteiger partial charge in [0, 0.05) is 29.3 Å². The van der Waals surface area contributed by atoms with Gasteiger partial charge < -0.3 is 5.32 Å². The van der Waals surface area contributed by atoms with Crippen molar-refractivity contribution in [3.63, 3.8) is 0 Å². The van der Waals surface area contributed by atoms with Crippen LogP contribution in [0.1, 0.15) is 36.8 Å². The number of nitro groups is 1. The number of nitrogens with one attached hydrogen (secondary N) is 1. The Balaban J connectivity index is 2.00. The van der Waals surface area contributed by atoms with Gasteiger partial charge in [0.05, 0.1) is 10.6 Å². The Hall–Kier alpha value is -3.26. The van der Waals surface area contributed by atoms with Crippen LogP contribution in [-0.4, -0.2) is 25.6 Å². The Labute approximate surface area is 166 Å². The first-order valence-electron chi connectivity index (χ1n) is 8.44. The number of halogens is 1. The highest BCUT2D eigenvalue weighted by atomic mass is 35.5. The van der Waals surface area contributed by atoms with Gasteiger partial charge in [-0.25, -0.2) is 4.98 Å². The molecule has 0 aliphatic carbocycles. The fraction of sp³-hybridized carbons (Fsp3) is 0.211. The minimum absolute atomic E-state index is 0.0323. The second kappa shape index (κ2) is 7.40. The first-order chi connectivity index (χ1) is 13.2. The highest BCUT2D eigenvalue weighted by Gasteiger charge is 2.23. The molecule has 0 fully saturated rings. The van der Waals surface area contributed by atoms with Crippen LogP contribution >= 0.6 is 11.6 Å². The van der Waals surface area contributed by atoms with E-state index in [0.29, 0.717) is 11.6 Å². The maximum absolute atomic E-state index is 12.7. The third kappa shape index (κ3) is 4.01. The van der Waals surface area contributed by atoms with Gasteiger partial charge in [-0.15, -0.1) is 0 Å². The number of benzene rings is 1. The molecule has 0 saturated heterocycles. The van der Waals surface area contributed by atoms with Gasteiger partial charge in [0.15, 0.2) is 5.82 Å². The molecule has 3 aromatic rings. The van der Waals surface area contributed by atoms with Crippen molar-refractivity contribution in [3.05, 3.63) is 75.1 Å². The van der Waals surface area contributed by atoms with E-state index in [1.807, 2.05) is 26.8 Å². The lowest BCUT2D eigenvalue weighted by Gasteiger charge is -2.13. The Kier molecular flexibility index (Phi) is 5.15. The molecule has 0 radical (unpaired) electrons. The van der Waals surface area contributed by atoms with Gasteiger partial charge in [-0.3, -0.25) is 14.9 Å². The number of amides is 1. The molecule has 1 aromatic carbocycles. The molecule has 0 aliphatic rings. The number of nitrogens with zero attached hydrogens (tertiary/aromatic N) is 4. The normalized spacial score (nSPS) is 11.3. The number of anilines is 1. The summed E-state index contributed by atoms with van der Waals surface area (Å²) < 4.78 is 1.53. The van der Waals surface area contributed by atoms with Crippen LogP contribution < -0.4 is 5.32 Å². The zero-order chi connectivity index (χ0) is 20.5.